The Labute approximate surface area is 234 Å². The highest BCUT2D eigenvalue weighted by molar-refractivity contribution is 7.89. The maximum absolute atomic E-state index is 13.1. The number of nitrogens with one attached hydrogen (secondary N) is 2. The Morgan fingerprint density at radius 1 is 1.05 bits per heavy atom. The van der Waals surface area contributed by atoms with Crippen LogP contribution in [-0.4, -0.2) is 64.7 Å². The van der Waals surface area contributed by atoms with E-state index in [1.165, 1.54) is 0 Å². The van der Waals surface area contributed by atoms with Crippen LogP contribution in [0.25, 0.3) is 0 Å². The molecular formula is C27H49N5O6S. The normalized spacial score (nSPS) is 12.9. The molecule has 0 radical (unpaired) electrons. The van der Waals surface area contributed by atoms with Gasteiger partial charge < -0.3 is 31.1 Å². The van der Waals surface area contributed by atoms with E-state index in [2.05, 4.69) is 15.0 Å². The topological polar surface area (TPSA) is 175 Å². The Morgan fingerprint density at radius 2 is 1.59 bits per heavy atom. The number of sulfonamides is 1. The summed E-state index contributed by atoms with van der Waals surface area (Å²) >= 11 is 0. The van der Waals surface area contributed by atoms with Crippen molar-refractivity contribution in [2.75, 3.05) is 19.8 Å². The van der Waals surface area contributed by atoms with Crippen molar-refractivity contribution >= 4 is 28.2 Å². The molecule has 1 aromatic rings. The summed E-state index contributed by atoms with van der Waals surface area (Å²) in [6, 6.07) is 1.79. The molecule has 1 aromatic carbocycles. The van der Waals surface area contributed by atoms with Crippen LogP contribution in [0.15, 0.2) is 22.0 Å². The third kappa shape index (κ3) is 15.0. The molecular weight excluding hydrogens is 522 g/mol. The third-order valence-corrected chi connectivity index (χ3v) is 7.23. The molecule has 0 aliphatic rings. The van der Waals surface area contributed by atoms with Gasteiger partial charge in [0.25, 0.3) is 0 Å². The minimum absolute atomic E-state index is 0.0370. The fraction of sp³-hybridized carbons (Fsp3) is 0.667. The van der Waals surface area contributed by atoms with Gasteiger partial charge in [-0.05, 0) is 77.8 Å². The molecule has 39 heavy (non-hydrogen) atoms. The molecule has 0 aliphatic carbocycles. The number of nitrogens with zero attached hydrogens (tertiary/aromatic N) is 1. The number of nitrogens with two attached hydrogens (primary N) is 2. The fourth-order valence-electron chi connectivity index (χ4n) is 4.04. The molecule has 0 unspecified atom stereocenters. The Morgan fingerprint density at radius 3 is 2.03 bits per heavy atom. The predicted molar refractivity (Wildman–Crippen MR) is 155 cm³/mol. The van der Waals surface area contributed by atoms with Crippen LogP contribution in [0.5, 0.6) is 0 Å². The number of aryl methyl sites for hydroxylation is 3. The summed E-state index contributed by atoms with van der Waals surface area (Å²) in [4.78, 5) is 28.3. The lowest BCUT2D eigenvalue weighted by Crippen LogP contribution is -2.50. The van der Waals surface area contributed by atoms with E-state index in [-0.39, 0.29) is 36.0 Å². The Kier molecular flexibility index (Phi) is 17.5. The van der Waals surface area contributed by atoms with Gasteiger partial charge in [0, 0.05) is 19.8 Å². The first-order valence-corrected chi connectivity index (χ1v) is 14.8. The van der Waals surface area contributed by atoms with Crippen molar-refractivity contribution in [3.8, 4) is 0 Å². The van der Waals surface area contributed by atoms with Crippen LogP contribution in [0.3, 0.4) is 0 Å². The number of benzene rings is 1. The zero-order chi connectivity index (χ0) is 30.2. The lowest BCUT2D eigenvalue weighted by Gasteiger charge is -2.22. The van der Waals surface area contributed by atoms with Gasteiger partial charge in [0.2, 0.25) is 15.9 Å². The summed E-state index contributed by atoms with van der Waals surface area (Å²) in [5.41, 5.74) is 12.8. The highest BCUT2D eigenvalue weighted by atomic mass is 32.2. The lowest BCUT2D eigenvalue weighted by molar-refractivity contribution is -0.125. The molecule has 0 spiro atoms. The number of guanidine groups is 1. The van der Waals surface area contributed by atoms with E-state index in [4.69, 9.17) is 20.9 Å². The van der Waals surface area contributed by atoms with E-state index in [0.717, 1.165) is 18.8 Å². The first-order valence-electron chi connectivity index (χ1n) is 13.3. The lowest BCUT2D eigenvalue weighted by atomic mass is 10.0. The zero-order valence-electron chi connectivity index (χ0n) is 24.7. The second kappa shape index (κ2) is 18.7. The summed E-state index contributed by atoms with van der Waals surface area (Å²) in [6.45, 7) is 16.7. The van der Waals surface area contributed by atoms with Crippen LogP contribution in [0.2, 0.25) is 0 Å². The van der Waals surface area contributed by atoms with Gasteiger partial charge in [-0.15, -0.1) is 0 Å². The second-order valence-corrected chi connectivity index (χ2v) is 11.4. The van der Waals surface area contributed by atoms with Crippen molar-refractivity contribution in [3.05, 3.63) is 28.8 Å². The molecule has 0 saturated carbocycles. The molecule has 0 aromatic heterocycles. The van der Waals surface area contributed by atoms with E-state index >= 15 is 0 Å². The van der Waals surface area contributed by atoms with E-state index in [1.54, 1.807) is 26.0 Å². The summed E-state index contributed by atoms with van der Waals surface area (Å²) in [5, 5.41) is 2.64. The highest BCUT2D eigenvalue weighted by Gasteiger charge is 2.29. The zero-order valence-corrected chi connectivity index (χ0v) is 25.6. The molecule has 0 heterocycles. The van der Waals surface area contributed by atoms with Gasteiger partial charge in [0.15, 0.2) is 12.2 Å². The van der Waals surface area contributed by atoms with Gasteiger partial charge in [-0.1, -0.05) is 31.5 Å². The van der Waals surface area contributed by atoms with Crippen LogP contribution in [0.1, 0.15) is 70.6 Å². The number of hydrogen-bond acceptors (Lipinski definition) is 7. The highest BCUT2D eigenvalue weighted by Crippen LogP contribution is 2.22. The van der Waals surface area contributed by atoms with Crippen LogP contribution < -0.4 is 21.5 Å². The number of aliphatic imine (C=N–C) groups is 1. The molecule has 0 bridgehead atoms. The average molecular weight is 572 g/mol. The molecule has 1 rings (SSSR count). The van der Waals surface area contributed by atoms with Gasteiger partial charge in [0.1, 0.15) is 12.3 Å². The van der Waals surface area contributed by atoms with Crippen molar-refractivity contribution in [2.45, 2.75) is 97.9 Å². The number of hydrogen-bond donors (Lipinski definition) is 4. The van der Waals surface area contributed by atoms with Gasteiger partial charge in [-0.3, -0.25) is 9.79 Å². The molecule has 11 nitrogen and oxygen atoms in total. The number of rotatable bonds is 16. The van der Waals surface area contributed by atoms with Crippen molar-refractivity contribution in [1.82, 2.24) is 10.0 Å². The predicted octanol–water partition coefficient (Wildman–Crippen LogP) is 2.45. The first kappa shape index (κ1) is 36.5. The summed E-state index contributed by atoms with van der Waals surface area (Å²) in [7, 11) is -3.99. The summed E-state index contributed by atoms with van der Waals surface area (Å²) in [6.07, 6.45) is 1.63. The van der Waals surface area contributed by atoms with Gasteiger partial charge in [-0.25, -0.2) is 8.42 Å². The SMILES string of the molecule is CCOC(C)OCC.Cc1cc(C)c(S(=O)(=O)N[C@@H](CCCN=C(N)N)C(=O)N[C@H](C=O)CC(C)C)c(C)c1. The molecule has 12 heteroatoms. The summed E-state index contributed by atoms with van der Waals surface area (Å²) in [5.74, 6) is -0.454. The van der Waals surface area contributed by atoms with E-state index < -0.39 is 28.0 Å². The number of carbonyl (C=O) groups is 2. The molecule has 224 valence electrons. The van der Waals surface area contributed by atoms with Crippen molar-refractivity contribution in [1.29, 1.82) is 0 Å². The third-order valence-electron chi connectivity index (χ3n) is 5.45. The van der Waals surface area contributed by atoms with Crippen LogP contribution in [0.4, 0.5) is 0 Å². The van der Waals surface area contributed by atoms with Crippen LogP contribution in [0, 0.1) is 26.7 Å². The molecule has 6 N–H and O–H groups in total. The molecule has 0 fully saturated rings. The number of ether oxygens (including phenoxy) is 2. The standard InChI is InChI=1S/C21H35N5O4S.C6H14O2/c1-13(2)9-17(12-27)25-20(28)18(7-6-8-24-21(22)23)26-31(29,30)19-15(4)10-14(3)11-16(19)5;1-4-7-6(3)8-5-2/h10-13,17-18,26H,6-9H2,1-5H3,(H,25,28)(H4,22,23,24);6H,4-5H2,1-3H3/t17-,18-;/m0./s1. The minimum atomic E-state index is -3.99. The van der Waals surface area contributed by atoms with Crippen molar-refractivity contribution in [2.24, 2.45) is 22.4 Å². The largest absolute Gasteiger partial charge is 0.370 e. The number of aldehydes is 1. The van der Waals surface area contributed by atoms with E-state index in [9.17, 15) is 18.0 Å². The monoisotopic (exact) mass is 571 g/mol. The van der Waals surface area contributed by atoms with Gasteiger partial charge in [-0.2, -0.15) is 4.72 Å². The summed E-state index contributed by atoms with van der Waals surface area (Å²) < 4.78 is 38.9. The Hall–Kier alpha value is -2.54. The van der Waals surface area contributed by atoms with Crippen molar-refractivity contribution < 1.29 is 27.5 Å². The van der Waals surface area contributed by atoms with E-state index in [0.29, 0.717) is 30.3 Å². The molecule has 0 aliphatic heterocycles. The minimum Gasteiger partial charge on any atom is -0.370 e. The number of amides is 1. The Balaban J connectivity index is 0.00000156. The number of carbonyl (C=O) groups excluding carboxylic acids is 2. The maximum atomic E-state index is 13.1. The van der Waals surface area contributed by atoms with Gasteiger partial charge in [0.05, 0.1) is 10.9 Å². The second-order valence-electron chi connectivity index (χ2n) is 9.71. The smallest absolute Gasteiger partial charge is 0.241 e. The van der Waals surface area contributed by atoms with E-state index in [1.807, 2.05) is 41.5 Å². The van der Waals surface area contributed by atoms with Crippen molar-refractivity contribution in [3.63, 3.8) is 0 Å². The molecule has 2 atom stereocenters. The van der Waals surface area contributed by atoms with Gasteiger partial charge >= 0.3 is 0 Å². The first-order chi connectivity index (χ1) is 18.2. The quantitative estimate of drug-likeness (QED) is 0.0769. The molecule has 0 saturated heterocycles. The average Bonchev–Trinajstić information content (AvgIpc) is 2.79. The Bertz CT molecular complexity index is 996. The maximum Gasteiger partial charge on any atom is 0.241 e. The molecule has 1 amide bonds. The fourth-order valence-corrected chi connectivity index (χ4v) is 5.72. The van der Waals surface area contributed by atoms with Crippen LogP contribution >= 0.6 is 0 Å². The van der Waals surface area contributed by atoms with Crippen LogP contribution in [-0.2, 0) is 29.1 Å².